The van der Waals surface area contributed by atoms with Crippen molar-refractivity contribution in [3.63, 3.8) is 0 Å². The minimum atomic E-state index is -3.93. The molecule has 0 atom stereocenters. The highest BCUT2D eigenvalue weighted by atomic mass is 35.5. The quantitative estimate of drug-likeness (QED) is 0.591. The van der Waals surface area contributed by atoms with Gasteiger partial charge in [0.25, 0.3) is 15.9 Å². The molecule has 0 aliphatic heterocycles. The number of carbonyl (C=O) groups is 1. The minimum Gasteiger partial charge on any atom is -0.347 e. The van der Waals surface area contributed by atoms with Crippen LogP contribution in [0.5, 0.6) is 0 Å². The Kier molecular flexibility index (Phi) is 6.02. The molecular formula is C19H16ClFN2O3S2. The zero-order valence-electron chi connectivity index (χ0n) is 14.7. The Balaban J connectivity index is 1.79. The fraction of sp³-hybridized carbons (Fsp3) is 0.105. The van der Waals surface area contributed by atoms with Crippen LogP contribution >= 0.6 is 22.9 Å². The first-order valence-electron chi connectivity index (χ1n) is 8.16. The van der Waals surface area contributed by atoms with E-state index in [4.69, 9.17) is 11.6 Å². The van der Waals surface area contributed by atoms with E-state index in [1.165, 1.54) is 35.6 Å². The van der Waals surface area contributed by atoms with Gasteiger partial charge in [0, 0.05) is 16.1 Å². The fourth-order valence-corrected chi connectivity index (χ4v) is 4.57. The van der Waals surface area contributed by atoms with E-state index in [0.717, 1.165) is 17.0 Å². The maximum absolute atomic E-state index is 13.0. The number of halogens is 2. The number of hydrogen-bond donors (Lipinski definition) is 2. The summed E-state index contributed by atoms with van der Waals surface area (Å²) in [4.78, 5) is 13.3. The van der Waals surface area contributed by atoms with E-state index in [1.807, 2.05) is 6.07 Å². The lowest BCUT2D eigenvalue weighted by Crippen LogP contribution is -2.24. The molecule has 0 aliphatic rings. The molecule has 0 fully saturated rings. The predicted molar refractivity (Wildman–Crippen MR) is 109 cm³/mol. The molecule has 0 spiro atoms. The van der Waals surface area contributed by atoms with Gasteiger partial charge in [0.2, 0.25) is 0 Å². The van der Waals surface area contributed by atoms with Gasteiger partial charge in [0.15, 0.2) is 0 Å². The van der Waals surface area contributed by atoms with Gasteiger partial charge in [-0.05, 0) is 61.0 Å². The normalized spacial score (nSPS) is 11.2. The average Bonchev–Trinajstić information content (AvgIpc) is 3.07. The summed E-state index contributed by atoms with van der Waals surface area (Å²) in [5.41, 5.74) is 1.12. The molecule has 1 aromatic heterocycles. The Bertz CT molecular complexity index is 1110. The molecule has 28 heavy (non-hydrogen) atoms. The van der Waals surface area contributed by atoms with E-state index in [1.54, 1.807) is 19.1 Å². The van der Waals surface area contributed by atoms with E-state index >= 15 is 0 Å². The number of rotatable bonds is 6. The molecule has 0 unspecified atom stereocenters. The number of nitrogens with one attached hydrogen (secondary N) is 2. The lowest BCUT2D eigenvalue weighted by molar-refractivity contribution is 0.0950. The van der Waals surface area contributed by atoms with Crippen LogP contribution in [0.2, 0.25) is 4.34 Å². The highest BCUT2D eigenvalue weighted by molar-refractivity contribution is 7.92. The first-order chi connectivity index (χ1) is 13.2. The molecule has 0 saturated heterocycles. The summed E-state index contributed by atoms with van der Waals surface area (Å²) in [5, 5.41) is 2.76. The molecule has 3 rings (SSSR count). The third-order valence-electron chi connectivity index (χ3n) is 3.91. The van der Waals surface area contributed by atoms with Crippen LogP contribution in [0.3, 0.4) is 0 Å². The first kappa shape index (κ1) is 20.3. The Morgan fingerprint density at radius 3 is 2.46 bits per heavy atom. The summed E-state index contributed by atoms with van der Waals surface area (Å²) >= 11 is 7.23. The van der Waals surface area contributed by atoms with E-state index in [0.29, 0.717) is 16.4 Å². The number of sulfonamides is 1. The molecule has 3 aromatic rings. The van der Waals surface area contributed by atoms with Crippen LogP contribution in [0.4, 0.5) is 10.1 Å². The SMILES string of the molecule is Cc1ccc(S(=O)(=O)Nc2ccc(F)cc2)cc1C(=O)NCc1ccc(Cl)s1. The number of amides is 1. The van der Waals surface area contributed by atoms with Gasteiger partial charge >= 0.3 is 0 Å². The van der Waals surface area contributed by atoms with E-state index in [9.17, 15) is 17.6 Å². The lowest BCUT2D eigenvalue weighted by atomic mass is 10.1. The van der Waals surface area contributed by atoms with Crippen molar-refractivity contribution in [3.05, 3.63) is 80.8 Å². The van der Waals surface area contributed by atoms with E-state index in [-0.39, 0.29) is 22.1 Å². The van der Waals surface area contributed by atoms with Crippen molar-refractivity contribution in [1.82, 2.24) is 5.32 Å². The zero-order valence-corrected chi connectivity index (χ0v) is 17.1. The number of benzene rings is 2. The van der Waals surface area contributed by atoms with Gasteiger partial charge in [0.1, 0.15) is 5.82 Å². The van der Waals surface area contributed by atoms with Gasteiger partial charge in [-0.3, -0.25) is 9.52 Å². The molecular weight excluding hydrogens is 423 g/mol. The highest BCUT2D eigenvalue weighted by Gasteiger charge is 2.18. The second-order valence-electron chi connectivity index (χ2n) is 5.98. The Morgan fingerprint density at radius 2 is 1.82 bits per heavy atom. The van der Waals surface area contributed by atoms with Crippen LogP contribution in [0.25, 0.3) is 0 Å². The molecule has 0 saturated carbocycles. The van der Waals surface area contributed by atoms with Crippen LogP contribution in [0.15, 0.2) is 59.5 Å². The Labute approximate surface area is 171 Å². The third kappa shape index (κ3) is 4.89. The van der Waals surface area contributed by atoms with Gasteiger partial charge in [-0.15, -0.1) is 11.3 Å². The van der Waals surface area contributed by atoms with Gasteiger partial charge < -0.3 is 5.32 Å². The molecule has 0 bridgehead atoms. The Morgan fingerprint density at radius 1 is 1.11 bits per heavy atom. The molecule has 1 heterocycles. The maximum Gasteiger partial charge on any atom is 0.261 e. The minimum absolute atomic E-state index is 0.0632. The summed E-state index contributed by atoms with van der Waals surface area (Å²) in [6, 6.07) is 12.8. The largest absolute Gasteiger partial charge is 0.347 e. The average molecular weight is 439 g/mol. The van der Waals surface area contributed by atoms with Crippen molar-refractivity contribution in [3.8, 4) is 0 Å². The smallest absolute Gasteiger partial charge is 0.261 e. The summed E-state index contributed by atoms with van der Waals surface area (Å²) in [6.45, 7) is 2.02. The molecule has 1 amide bonds. The van der Waals surface area contributed by atoms with Crippen LogP contribution < -0.4 is 10.0 Å². The Hall–Kier alpha value is -2.42. The van der Waals surface area contributed by atoms with Crippen molar-refractivity contribution < 1.29 is 17.6 Å². The highest BCUT2D eigenvalue weighted by Crippen LogP contribution is 2.22. The van der Waals surface area contributed by atoms with Crippen LogP contribution in [0.1, 0.15) is 20.8 Å². The summed E-state index contributed by atoms with van der Waals surface area (Å²) < 4.78 is 41.2. The number of thiophene rings is 1. The topological polar surface area (TPSA) is 75.3 Å². The van der Waals surface area contributed by atoms with Gasteiger partial charge in [-0.1, -0.05) is 17.7 Å². The molecule has 0 radical (unpaired) electrons. The molecule has 146 valence electrons. The number of anilines is 1. The molecule has 2 aromatic carbocycles. The number of hydrogen-bond acceptors (Lipinski definition) is 4. The zero-order chi connectivity index (χ0) is 20.3. The van der Waals surface area contributed by atoms with Crippen molar-refractivity contribution in [1.29, 1.82) is 0 Å². The van der Waals surface area contributed by atoms with Crippen LogP contribution in [-0.4, -0.2) is 14.3 Å². The summed E-state index contributed by atoms with van der Waals surface area (Å²) in [7, 11) is -3.93. The van der Waals surface area contributed by atoms with Gasteiger partial charge in [-0.25, -0.2) is 12.8 Å². The van der Waals surface area contributed by atoms with Gasteiger partial charge in [0.05, 0.1) is 15.8 Å². The standard InChI is InChI=1S/C19H16ClFN2O3S2/c1-12-2-8-16(28(25,26)23-14-5-3-13(21)4-6-14)10-17(12)19(24)22-11-15-7-9-18(20)27-15/h2-10,23H,11H2,1H3,(H,22,24). The number of aryl methyl sites for hydroxylation is 1. The van der Waals surface area contributed by atoms with Gasteiger partial charge in [-0.2, -0.15) is 0 Å². The van der Waals surface area contributed by atoms with Crippen molar-refractivity contribution in [2.75, 3.05) is 4.72 Å². The third-order valence-corrected chi connectivity index (χ3v) is 6.52. The summed E-state index contributed by atoms with van der Waals surface area (Å²) in [5.74, 6) is -0.856. The lowest BCUT2D eigenvalue weighted by Gasteiger charge is -2.11. The van der Waals surface area contributed by atoms with Crippen LogP contribution in [0, 0.1) is 12.7 Å². The number of carbonyl (C=O) groups excluding carboxylic acids is 1. The monoisotopic (exact) mass is 438 g/mol. The molecule has 0 aliphatic carbocycles. The fourth-order valence-electron chi connectivity index (χ4n) is 2.45. The molecule has 2 N–H and O–H groups in total. The van der Waals surface area contributed by atoms with E-state index in [2.05, 4.69) is 10.0 Å². The maximum atomic E-state index is 13.0. The van der Waals surface area contributed by atoms with Crippen molar-refractivity contribution in [2.45, 2.75) is 18.4 Å². The second kappa shape index (κ2) is 8.30. The first-order valence-corrected chi connectivity index (χ1v) is 10.8. The van der Waals surface area contributed by atoms with Crippen LogP contribution in [-0.2, 0) is 16.6 Å². The molecule has 5 nitrogen and oxygen atoms in total. The summed E-state index contributed by atoms with van der Waals surface area (Å²) in [6.07, 6.45) is 0. The second-order valence-corrected chi connectivity index (χ2v) is 9.46. The molecule has 9 heteroatoms. The van der Waals surface area contributed by atoms with Crippen molar-refractivity contribution >= 4 is 44.6 Å². The predicted octanol–water partition coefficient (Wildman–Crippen LogP) is 4.58. The van der Waals surface area contributed by atoms with E-state index < -0.39 is 15.8 Å². The van der Waals surface area contributed by atoms with Crippen molar-refractivity contribution in [2.24, 2.45) is 0 Å².